The molecule has 1 aliphatic heterocycles. The third-order valence-electron chi connectivity index (χ3n) is 5.30. The zero-order valence-corrected chi connectivity index (χ0v) is 18.6. The van der Waals surface area contributed by atoms with Gasteiger partial charge in [-0.3, -0.25) is 18.7 Å². The summed E-state index contributed by atoms with van der Waals surface area (Å²) in [5.74, 6) is 0.695. The van der Waals surface area contributed by atoms with E-state index < -0.39 is 11.2 Å². The van der Waals surface area contributed by atoms with Crippen molar-refractivity contribution in [2.45, 2.75) is 30.7 Å². The van der Waals surface area contributed by atoms with Gasteiger partial charge in [0.2, 0.25) is 5.91 Å². The third kappa shape index (κ3) is 3.93. The Hall–Kier alpha value is -2.46. The molecular formula is C20H23N5O3S2. The highest BCUT2D eigenvalue weighted by molar-refractivity contribution is 8.00. The van der Waals surface area contributed by atoms with Crippen LogP contribution in [0.4, 0.5) is 0 Å². The summed E-state index contributed by atoms with van der Waals surface area (Å²) in [5.41, 5.74) is -0.610. The summed E-state index contributed by atoms with van der Waals surface area (Å²) in [6, 6.07) is 3.79. The summed E-state index contributed by atoms with van der Waals surface area (Å²) < 4.78 is 2.41. The summed E-state index contributed by atoms with van der Waals surface area (Å²) in [6.07, 6.45) is 4.36. The molecule has 0 radical (unpaired) electrons. The van der Waals surface area contributed by atoms with E-state index in [4.69, 9.17) is 0 Å². The number of amides is 1. The first kappa shape index (κ1) is 20.8. The van der Waals surface area contributed by atoms with Crippen molar-refractivity contribution in [1.82, 2.24) is 24.0 Å². The number of fused-ring (bicyclic) bond motifs is 1. The average Bonchev–Trinajstić information content (AvgIpc) is 3.16. The Morgan fingerprint density at radius 2 is 1.83 bits per heavy atom. The Bertz CT molecular complexity index is 1190. The van der Waals surface area contributed by atoms with Crippen molar-refractivity contribution in [1.29, 1.82) is 0 Å². The van der Waals surface area contributed by atoms with Gasteiger partial charge in [-0.15, -0.1) is 11.3 Å². The molecule has 4 rings (SSSR count). The van der Waals surface area contributed by atoms with Crippen LogP contribution in [0, 0.1) is 0 Å². The van der Waals surface area contributed by atoms with E-state index in [0.29, 0.717) is 10.9 Å². The number of likely N-dealkylation sites (tertiary alicyclic amines) is 1. The van der Waals surface area contributed by atoms with E-state index in [-0.39, 0.29) is 22.7 Å². The van der Waals surface area contributed by atoms with Crippen molar-refractivity contribution in [3.63, 3.8) is 0 Å². The summed E-state index contributed by atoms with van der Waals surface area (Å²) in [7, 11) is 3.03. The lowest BCUT2D eigenvalue weighted by Crippen LogP contribution is -2.38. The van der Waals surface area contributed by atoms with Gasteiger partial charge in [0.25, 0.3) is 5.56 Å². The molecule has 10 heteroatoms. The number of aromatic nitrogens is 4. The highest BCUT2D eigenvalue weighted by Gasteiger charge is 2.21. The lowest BCUT2D eigenvalue weighted by atomic mass is 10.2. The minimum Gasteiger partial charge on any atom is -0.342 e. The molecule has 3 aromatic rings. The predicted octanol–water partition coefficient (Wildman–Crippen LogP) is 2.25. The van der Waals surface area contributed by atoms with Crippen LogP contribution in [0.5, 0.6) is 0 Å². The van der Waals surface area contributed by atoms with Crippen LogP contribution < -0.4 is 11.2 Å². The number of nitrogens with zero attached hydrogens (tertiary/aromatic N) is 5. The van der Waals surface area contributed by atoms with Crippen LogP contribution in [0.25, 0.3) is 21.7 Å². The van der Waals surface area contributed by atoms with Gasteiger partial charge in [-0.1, -0.05) is 30.7 Å². The van der Waals surface area contributed by atoms with E-state index in [1.54, 1.807) is 7.05 Å². The van der Waals surface area contributed by atoms with Crippen molar-refractivity contribution in [2.24, 2.45) is 14.1 Å². The van der Waals surface area contributed by atoms with E-state index in [1.807, 2.05) is 22.4 Å². The van der Waals surface area contributed by atoms with Crippen LogP contribution in [0.15, 0.2) is 32.1 Å². The van der Waals surface area contributed by atoms with Crippen LogP contribution in [-0.2, 0) is 18.9 Å². The van der Waals surface area contributed by atoms with Gasteiger partial charge in [0.15, 0.2) is 11.5 Å². The van der Waals surface area contributed by atoms with Crippen LogP contribution >= 0.6 is 23.1 Å². The normalized spacial score (nSPS) is 14.8. The second-order valence-corrected chi connectivity index (χ2v) is 9.23. The molecule has 1 aliphatic rings. The fourth-order valence-corrected chi connectivity index (χ4v) is 5.17. The molecule has 1 amide bonds. The predicted molar refractivity (Wildman–Crippen MR) is 119 cm³/mol. The van der Waals surface area contributed by atoms with E-state index in [2.05, 4.69) is 9.97 Å². The van der Waals surface area contributed by atoms with E-state index in [9.17, 15) is 14.4 Å². The highest BCUT2D eigenvalue weighted by atomic mass is 32.2. The zero-order chi connectivity index (χ0) is 21.3. The third-order valence-corrected chi connectivity index (χ3v) is 7.13. The molecule has 1 saturated heterocycles. The topological polar surface area (TPSA) is 90.1 Å². The molecule has 0 unspecified atom stereocenters. The summed E-state index contributed by atoms with van der Waals surface area (Å²) in [4.78, 5) is 49.9. The molecule has 0 spiro atoms. The summed E-state index contributed by atoms with van der Waals surface area (Å²) >= 11 is 2.72. The summed E-state index contributed by atoms with van der Waals surface area (Å²) in [5, 5.41) is 2.62. The van der Waals surface area contributed by atoms with Crippen molar-refractivity contribution in [2.75, 3.05) is 18.8 Å². The number of thiophene rings is 1. The largest absolute Gasteiger partial charge is 0.342 e. The van der Waals surface area contributed by atoms with E-state index in [0.717, 1.165) is 48.2 Å². The van der Waals surface area contributed by atoms with Gasteiger partial charge in [0.1, 0.15) is 10.4 Å². The van der Waals surface area contributed by atoms with Crippen LogP contribution in [0.1, 0.15) is 25.7 Å². The second-order valence-electron chi connectivity index (χ2n) is 7.32. The fourth-order valence-electron chi connectivity index (χ4n) is 3.59. The smallest absolute Gasteiger partial charge is 0.332 e. The first-order valence-corrected chi connectivity index (χ1v) is 11.8. The minimum absolute atomic E-state index is 0.0491. The molecular weight excluding hydrogens is 422 g/mol. The molecule has 0 bridgehead atoms. The van der Waals surface area contributed by atoms with Crippen molar-refractivity contribution in [3.8, 4) is 10.7 Å². The molecule has 1 fully saturated rings. The quantitative estimate of drug-likeness (QED) is 0.452. The maximum absolute atomic E-state index is 12.9. The van der Waals surface area contributed by atoms with Gasteiger partial charge >= 0.3 is 5.69 Å². The minimum atomic E-state index is -0.449. The molecule has 4 heterocycles. The Morgan fingerprint density at radius 1 is 1.10 bits per heavy atom. The SMILES string of the molecule is Cn1c(=O)c2c(SCC(=O)N3CCCCCC3)nc(-c3cccs3)nc2n(C)c1=O. The van der Waals surface area contributed by atoms with Crippen molar-refractivity contribution in [3.05, 3.63) is 38.4 Å². The Labute approximate surface area is 181 Å². The highest BCUT2D eigenvalue weighted by Crippen LogP contribution is 2.28. The average molecular weight is 446 g/mol. The van der Waals surface area contributed by atoms with Gasteiger partial charge in [0, 0.05) is 27.2 Å². The number of carbonyl (C=O) groups excluding carboxylic acids is 1. The molecule has 3 aromatic heterocycles. The number of thioether (sulfide) groups is 1. The van der Waals surface area contributed by atoms with Crippen LogP contribution in [-0.4, -0.2) is 48.8 Å². The molecule has 8 nitrogen and oxygen atoms in total. The number of hydrogen-bond donors (Lipinski definition) is 0. The zero-order valence-electron chi connectivity index (χ0n) is 17.0. The van der Waals surface area contributed by atoms with Crippen LogP contribution in [0.3, 0.4) is 0 Å². The van der Waals surface area contributed by atoms with Crippen molar-refractivity contribution >= 4 is 40.0 Å². The number of aryl methyl sites for hydroxylation is 1. The molecule has 0 aliphatic carbocycles. The van der Waals surface area contributed by atoms with Crippen molar-refractivity contribution < 1.29 is 4.79 Å². The van der Waals surface area contributed by atoms with Crippen LogP contribution in [0.2, 0.25) is 0 Å². The van der Waals surface area contributed by atoms with Gasteiger partial charge < -0.3 is 4.90 Å². The number of rotatable bonds is 4. The monoisotopic (exact) mass is 445 g/mol. The lowest BCUT2D eigenvalue weighted by Gasteiger charge is -2.20. The Balaban J connectivity index is 1.76. The fraction of sp³-hybridized carbons (Fsp3) is 0.450. The standard InChI is InChI=1S/C20H23N5O3S2/c1-23-17-15(19(27)24(2)20(23)28)18(22-16(21-17)13-8-7-11-29-13)30-12-14(26)25-9-5-3-4-6-10-25/h7-8,11H,3-6,9-10,12H2,1-2H3. The lowest BCUT2D eigenvalue weighted by molar-refractivity contribution is -0.128. The van der Waals surface area contributed by atoms with Gasteiger partial charge in [-0.05, 0) is 24.3 Å². The van der Waals surface area contributed by atoms with Gasteiger partial charge in [-0.25, -0.2) is 14.8 Å². The molecule has 30 heavy (non-hydrogen) atoms. The van der Waals surface area contributed by atoms with Gasteiger partial charge in [0.05, 0.1) is 10.6 Å². The maximum Gasteiger partial charge on any atom is 0.332 e. The number of carbonyl (C=O) groups is 1. The molecule has 0 N–H and O–H groups in total. The molecule has 0 atom stereocenters. The molecule has 0 saturated carbocycles. The van der Waals surface area contributed by atoms with E-state index in [1.165, 1.54) is 34.7 Å². The second kappa shape index (κ2) is 8.73. The number of hydrogen-bond acceptors (Lipinski definition) is 7. The summed E-state index contributed by atoms with van der Waals surface area (Å²) in [6.45, 7) is 1.56. The Kier molecular flexibility index (Phi) is 6.05. The van der Waals surface area contributed by atoms with Gasteiger partial charge in [-0.2, -0.15) is 0 Å². The molecule has 0 aromatic carbocycles. The Morgan fingerprint density at radius 3 is 2.50 bits per heavy atom. The molecule has 158 valence electrons. The first-order chi connectivity index (χ1) is 14.5. The maximum atomic E-state index is 12.9. The first-order valence-electron chi connectivity index (χ1n) is 9.89. The van der Waals surface area contributed by atoms with E-state index >= 15 is 0 Å².